The summed E-state index contributed by atoms with van der Waals surface area (Å²) in [6.07, 6.45) is 0.214. The maximum Gasteiger partial charge on any atom is 0.277 e. The highest BCUT2D eigenvalue weighted by Gasteiger charge is 2.21. The summed E-state index contributed by atoms with van der Waals surface area (Å²) in [5.41, 5.74) is 3.93. The van der Waals surface area contributed by atoms with Crippen LogP contribution in [0.4, 0.5) is 5.69 Å². The zero-order valence-corrected chi connectivity index (χ0v) is 22.9. The number of fused-ring (bicyclic) bond motifs is 1. The number of hydrogen-bond donors (Lipinski definition) is 0. The fourth-order valence-electron chi connectivity index (χ4n) is 4.49. The van der Waals surface area contributed by atoms with Crippen molar-refractivity contribution in [1.29, 1.82) is 5.26 Å². The van der Waals surface area contributed by atoms with Crippen LogP contribution in [-0.2, 0) is 11.3 Å². The van der Waals surface area contributed by atoms with Crippen LogP contribution in [0.25, 0.3) is 22.4 Å². The van der Waals surface area contributed by atoms with Gasteiger partial charge in [-0.15, -0.1) is 10.2 Å². The normalized spacial score (nSPS) is 10.9. The summed E-state index contributed by atoms with van der Waals surface area (Å²) in [6.45, 7) is 4.52. The Labute approximate surface area is 235 Å². The van der Waals surface area contributed by atoms with E-state index in [1.807, 2.05) is 68.4 Å². The number of amides is 1. The van der Waals surface area contributed by atoms with Gasteiger partial charge in [0.15, 0.2) is 5.69 Å². The van der Waals surface area contributed by atoms with Crippen molar-refractivity contribution >= 4 is 34.1 Å². The lowest BCUT2D eigenvalue weighted by atomic mass is 10.1. The summed E-state index contributed by atoms with van der Waals surface area (Å²) in [5, 5.41) is 23.3. The molecule has 10 heteroatoms. The number of nitriles is 1. The van der Waals surface area contributed by atoms with Crippen molar-refractivity contribution in [1.82, 2.24) is 20.0 Å². The van der Waals surface area contributed by atoms with E-state index in [1.165, 1.54) is 4.68 Å². The van der Waals surface area contributed by atoms with Crippen molar-refractivity contribution in [3.05, 3.63) is 99.8 Å². The lowest BCUT2D eigenvalue weighted by molar-refractivity contribution is -0.116. The minimum absolute atomic E-state index is 0.0434. The van der Waals surface area contributed by atoms with Gasteiger partial charge in [0.05, 0.1) is 30.2 Å². The number of benzene rings is 3. The van der Waals surface area contributed by atoms with Crippen LogP contribution in [0, 0.1) is 25.2 Å². The summed E-state index contributed by atoms with van der Waals surface area (Å²) in [6, 6.07) is 24.8. The molecule has 0 fully saturated rings. The first-order chi connectivity index (χ1) is 19.4. The SMILES string of the molecule is Cc1cc(C)cc(N(CCC#N)C(=O)CSc2nnc(-c3nn(Cc4ccccc4)c(=O)c4ccccc34)o2)c1. The zero-order valence-electron chi connectivity index (χ0n) is 22.1. The molecule has 2 heterocycles. The van der Waals surface area contributed by atoms with Crippen molar-refractivity contribution in [2.45, 2.75) is 32.0 Å². The van der Waals surface area contributed by atoms with Crippen LogP contribution in [0.2, 0.25) is 0 Å². The van der Waals surface area contributed by atoms with Crippen molar-refractivity contribution in [2.24, 2.45) is 0 Å². The molecule has 0 atom stereocenters. The fraction of sp³-hybridized carbons (Fsp3) is 0.200. The van der Waals surface area contributed by atoms with Gasteiger partial charge in [-0.25, -0.2) is 4.68 Å². The average molecular weight is 551 g/mol. The number of anilines is 1. The molecule has 0 N–H and O–H groups in total. The highest BCUT2D eigenvalue weighted by Crippen LogP contribution is 2.28. The summed E-state index contributed by atoms with van der Waals surface area (Å²) in [4.78, 5) is 28.0. The first-order valence-corrected chi connectivity index (χ1v) is 13.7. The molecule has 1 amide bonds. The standard InChI is InChI=1S/C30H26N6O3S/c1-20-15-21(2)17-23(16-20)35(14-8-13-31)26(37)19-40-30-33-32-28(39-30)27-24-11-6-7-12-25(24)29(38)36(34-27)18-22-9-4-3-5-10-22/h3-7,9-12,15-17H,8,14,18-19H2,1-2H3. The van der Waals surface area contributed by atoms with Crippen LogP contribution < -0.4 is 10.5 Å². The van der Waals surface area contributed by atoms with E-state index in [4.69, 9.17) is 9.68 Å². The van der Waals surface area contributed by atoms with Crippen LogP contribution in [0.3, 0.4) is 0 Å². The molecular formula is C30H26N6O3S. The fourth-order valence-corrected chi connectivity index (χ4v) is 5.13. The molecule has 0 unspecified atom stereocenters. The maximum atomic E-state index is 13.2. The second-order valence-electron chi connectivity index (χ2n) is 9.30. The van der Waals surface area contributed by atoms with E-state index in [9.17, 15) is 9.59 Å². The van der Waals surface area contributed by atoms with Crippen molar-refractivity contribution in [2.75, 3.05) is 17.2 Å². The number of thioether (sulfide) groups is 1. The molecule has 200 valence electrons. The molecule has 0 aliphatic heterocycles. The van der Waals surface area contributed by atoms with Gasteiger partial charge in [0.25, 0.3) is 16.7 Å². The topological polar surface area (TPSA) is 118 Å². The zero-order chi connectivity index (χ0) is 28.1. The van der Waals surface area contributed by atoms with Gasteiger partial charge in [0.2, 0.25) is 5.91 Å². The Morgan fingerprint density at radius 3 is 2.42 bits per heavy atom. The van der Waals surface area contributed by atoms with E-state index in [1.54, 1.807) is 23.1 Å². The smallest absolute Gasteiger partial charge is 0.277 e. The molecule has 0 aliphatic rings. The Morgan fingerprint density at radius 2 is 1.70 bits per heavy atom. The Balaban J connectivity index is 1.40. The number of rotatable bonds is 9. The molecule has 0 aliphatic carbocycles. The third-order valence-corrected chi connectivity index (χ3v) is 7.04. The predicted octanol–water partition coefficient (Wildman–Crippen LogP) is 5.15. The molecule has 9 nitrogen and oxygen atoms in total. The Bertz CT molecular complexity index is 1750. The highest BCUT2D eigenvalue weighted by molar-refractivity contribution is 7.99. The number of carbonyl (C=O) groups excluding carboxylic acids is 1. The molecule has 40 heavy (non-hydrogen) atoms. The van der Waals surface area contributed by atoms with Gasteiger partial charge in [-0.2, -0.15) is 10.4 Å². The van der Waals surface area contributed by atoms with Crippen LogP contribution >= 0.6 is 11.8 Å². The van der Waals surface area contributed by atoms with Gasteiger partial charge in [0, 0.05) is 17.6 Å². The minimum atomic E-state index is -0.216. The molecule has 0 saturated carbocycles. The van der Waals surface area contributed by atoms with Crippen LogP contribution in [-0.4, -0.2) is 38.2 Å². The summed E-state index contributed by atoms with van der Waals surface area (Å²) in [7, 11) is 0. The second-order valence-corrected chi connectivity index (χ2v) is 10.2. The summed E-state index contributed by atoms with van der Waals surface area (Å²) < 4.78 is 7.31. The summed E-state index contributed by atoms with van der Waals surface area (Å²) in [5.74, 6) is 0.0236. The Hall–Kier alpha value is -4.75. The molecule has 0 saturated heterocycles. The number of nitrogens with zero attached hydrogens (tertiary/aromatic N) is 6. The van der Waals surface area contributed by atoms with E-state index in [-0.39, 0.29) is 41.3 Å². The third-order valence-electron chi connectivity index (χ3n) is 6.24. The van der Waals surface area contributed by atoms with E-state index >= 15 is 0 Å². The van der Waals surface area contributed by atoms with Crippen LogP contribution in [0.1, 0.15) is 23.1 Å². The van der Waals surface area contributed by atoms with Gasteiger partial charge < -0.3 is 9.32 Å². The number of carbonyl (C=O) groups is 1. The van der Waals surface area contributed by atoms with Crippen LogP contribution in [0.5, 0.6) is 0 Å². The molecule has 5 aromatic rings. The van der Waals surface area contributed by atoms with Crippen molar-refractivity contribution < 1.29 is 9.21 Å². The Kier molecular flexibility index (Phi) is 8.03. The van der Waals surface area contributed by atoms with Gasteiger partial charge in [-0.05, 0) is 48.7 Å². The molecular weight excluding hydrogens is 524 g/mol. The maximum absolute atomic E-state index is 13.2. The van der Waals surface area contributed by atoms with Gasteiger partial charge in [0.1, 0.15) is 0 Å². The first kappa shape index (κ1) is 26.8. The molecule has 5 rings (SSSR count). The molecule has 0 radical (unpaired) electrons. The van der Waals surface area contributed by atoms with E-state index in [2.05, 4.69) is 21.4 Å². The number of aromatic nitrogens is 4. The Morgan fingerprint density at radius 1 is 1.00 bits per heavy atom. The highest BCUT2D eigenvalue weighted by atomic mass is 32.2. The monoisotopic (exact) mass is 550 g/mol. The molecule has 2 aromatic heterocycles. The first-order valence-electron chi connectivity index (χ1n) is 12.7. The van der Waals surface area contributed by atoms with E-state index < -0.39 is 0 Å². The lowest BCUT2D eigenvalue weighted by Crippen LogP contribution is -2.33. The predicted molar refractivity (Wildman–Crippen MR) is 154 cm³/mol. The third kappa shape index (κ3) is 5.95. The largest absolute Gasteiger partial charge is 0.409 e. The van der Waals surface area contributed by atoms with Gasteiger partial charge in [-0.1, -0.05) is 66.4 Å². The summed E-state index contributed by atoms with van der Waals surface area (Å²) >= 11 is 1.11. The lowest BCUT2D eigenvalue weighted by Gasteiger charge is -2.22. The van der Waals surface area contributed by atoms with E-state index in [0.717, 1.165) is 34.1 Å². The van der Waals surface area contributed by atoms with Crippen molar-refractivity contribution in [3.63, 3.8) is 0 Å². The quantitative estimate of drug-likeness (QED) is 0.231. The average Bonchev–Trinajstić information content (AvgIpc) is 3.42. The van der Waals surface area contributed by atoms with Gasteiger partial charge in [-0.3, -0.25) is 9.59 Å². The molecule has 0 bridgehead atoms. The number of hydrogen-bond acceptors (Lipinski definition) is 8. The second kappa shape index (κ2) is 12.0. The minimum Gasteiger partial charge on any atom is -0.409 e. The van der Waals surface area contributed by atoms with Gasteiger partial charge >= 0.3 is 0 Å². The molecule has 0 spiro atoms. The number of aryl methyl sites for hydroxylation is 2. The van der Waals surface area contributed by atoms with E-state index in [0.29, 0.717) is 23.0 Å². The van der Waals surface area contributed by atoms with Crippen LogP contribution in [0.15, 0.2) is 87.2 Å². The molecule has 3 aromatic carbocycles. The van der Waals surface area contributed by atoms with Crippen molar-refractivity contribution in [3.8, 4) is 17.7 Å².